The zero-order valence-corrected chi connectivity index (χ0v) is 60.5. The number of aryl methyl sites for hydroxylation is 1. The first-order chi connectivity index (χ1) is 48.5. The van der Waals surface area contributed by atoms with Crippen molar-refractivity contribution in [2.24, 2.45) is 12.5 Å². The summed E-state index contributed by atoms with van der Waals surface area (Å²) in [5.41, 5.74) is 8.41. The van der Waals surface area contributed by atoms with Crippen molar-refractivity contribution in [1.82, 2.24) is 19.3 Å². The molecule has 0 bridgehead atoms. The van der Waals surface area contributed by atoms with Gasteiger partial charge in [-0.1, -0.05) is 176 Å². The lowest BCUT2D eigenvalue weighted by Gasteiger charge is -2.45. The topological polar surface area (TPSA) is 195 Å². The molecule has 5 aliphatic heterocycles. The molecule has 1 aromatic heterocycles. The fourth-order valence-electron chi connectivity index (χ4n) is 14.3. The molecule has 17 nitrogen and oxygen atoms in total. The number of ether oxygens (including phenoxy) is 3. The maximum absolute atomic E-state index is 13.3. The quantitative estimate of drug-likeness (QED) is 0.0488. The van der Waals surface area contributed by atoms with Gasteiger partial charge in [-0.05, 0) is 141 Å². The summed E-state index contributed by atoms with van der Waals surface area (Å²) in [4.78, 5) is 80.6. The molecule has 528 valence electrons. The predicted octanol–water partition coefficient (Wildman–Crippen LogP) is 18.0. The summed E-state index contributed by atoms with van der Waals surface area (Å²) in [6.45, 7) is 24.6. The number of nitriles is 1. The highest BCUT2D eigenvalue weighted by atomic mass is 16.6. The van der Waals surface area contributed by atoms with Gasteiger partial charge in [0, 0.05) is 111 Å². The molecule has 7 aromatic rings. The summed E-state index contributed by atoms with van der Waals surface area (Å²) in [5, 5.41) is 20.2. The number of carbonyl (C=O) groups is 3. The van der Waals surface area contributed by atoms with Crippen molar-refractivity contribution in [2.45, 2.75) is 160 Å². The van der Waals surface area contributed by atoms with Gasteiger partial charge < -0.3 is 38.6 Å². The minimum atomic E-state index is -0.985. The fraction of sp³-hybridized carbons (Fsp3) is 0.353. The minimum Gasteiger partial charge on any atom is -0.438 e. The monoisotopic (exact) mass is 1370 g/mol. The van der Waals surface area contributed by atoms with Crippen molar-refractivity contribution in [1.29, 1.82) is 5.26 Å². The van der Waals surface area contributed by atoms with Crippen LogP contribution in [0, 0.1) is 26.6 Å². The number of cyclic esters (lactones) is 3. The third-order valence-electron chi connectivity index (χ3n) is 20.2. The highest BCUT2D eigenvalue weighted by Gasteiger charge is 2.49. The van der Waals surface area contributed by atoms with Gasteiger partial charge >= 0.3 is 18.3 Å². The molecule has 12 rings (SSSR count). The zero-order chi connectivity index (χ0) is 73.3. The van der Waals surface area contributed by atoms with E-state index in [2.05, 4.69) is 12.6 Å². The molecule has 8 atom stereocenters. The first-order valence-electron chi connectivity index (χ1n) is 35.1. The number of aliphatic hydroxyl groups is 1. The van der Waals surface area contributed by atoms with E-state index in [9.17, 15) is 39.4 Å². The first-order valence-corrected chi connectivity index (χ1v) is 35.1. The Morgan fingerprint density at radius 1 is 0.539 bits per heavy atom. The number of amides is 3. The Hall–Kier alpha value is -10.6. The van der Waals surface area contributed by atoms with E-state index >= 15 is 0 Å². The third kappa shape index (κ3) is 17.2. The Labute approximate surface area is 599 Å². The van der Waals surface area contributed by atoms with Crippen molar-refractivity contribution in [3.63, 3.8) is 0 Å². The Balaban J connectivity index is 0.000000165. The summed E-state index contributed by atoms with van der Waals surface area (Å²) < 4.78 is 21.9. The van der Waals surface area contributed by atoms with E-state index in [1.54, 1.807) is 58.6 Å². The van der Waals surface area contributed by atoms with Gasteiger partial charge in [-0.3, -0.25) is 4.79 Å². The summed E-state index contributed by atoms with van der Waals surface area (Å²) in [6.07, 6.45) is 15.0. The molecule has 17 heteroatoms. The van der Waals surface area contributed by atoms with E-state index < -0.39 is 27.8 Å². The molecular weight excluding hydrogens is 1280 g/mol. The van der Waals surface area contributed by atoms with Gasteiger partial charge in [0.1, 0.15) is 16.8 Å². The molecule has 0 saturated carbocycles. The molecule has 3 amide bonds. The van der Waals surface area contributed by atoms with Crippen LogP contribution in [0.15, 0.2) is 236 Å². The standard InChI is InChI=1S/C29H32N3O3.C28H32N2O4.C28H31N2O3/c1-21-10-11-25(18-32(21)34)24-14-12-23(13-15-24)22(2)31-17-16-29(35-27(31)33,19-28(3,4)20-30)26-8-6-5-7-9-26;1-20(21-10-12-22(13-11-21)23-14-15-25(31)29(4)18-23)30-17-16-28(34-26(30)32,19-27(2,3)33)24-8-6-5-7-9-24;1-20(2)18-28(26-8-6-5-7-9-26)16-17-29(27(31)33-28)22(4)23-12-14-24(15-13-23)25-11-10-21(3)30(32)19-25/h5-15,18,21-22H,16-17,19H2,1-4H3;5-15,18,20,33H,16-17,19H2,1-4H3;5-15,19,21-22H,1,16-18H2,2-4H3/q+1;;+1/t21?,22-,29-;20-,28-;21?,22-,28-/m000/s1. The summed E-state index contributed by atoms with van der Waals surface area (Å²) in [5.74, 6) is 0. The van der Waals surface area contributed by atoms with Crippen molar-refractivity contribution in [2.75, 3.05) is 19.6 Å². The lowest BCUT2D eigenvalue weighted by molar-refractivity contribution is -0.504. The van der Waals surface area contributed by atoms with E-state index in [4.69, 9.17) is 14.2 Å². The van der Waals surface area contributed by atoms with Gasteiger partial charge in [0.25, 0.3) is 0 Å². The lowest BCUT2D eigenvalue weighted by Crippen LogP contribution is -2.51. The number of pyridine rings is 1. The van der Waals surface area contributed by atoms with Gasteiger partial charge in [0.15, 0.2) is 0 Å². The molecule has 3 fully saturated rings. The van der Waals surface area contributed by atoms with Crippen molar-refractivity contribution < 1.29 is 43.2 Å². The minimum absolute atomic E-state index is 0.0474. The van der Waals surface area contributed by atoms with Gasteiger partial charge in [-0.2, -0.15) is 5.26 Å². The van der Waals surface area contributed by atoms with E-state index in [0.717, 1.165) is 81.9 Å². The molecule has 0 spiro atoms. The molecule has 3 saturated heterocycles. The van der Waals surface area contributed by atoms with Crippen molar-refractivity contribution in [3.8, 4) is 17.2 Å². The average Bonchev–Trinajstić information content (AvgIpc) is 0.775. The normalized spacial score (nSPS) is 22.2. The molecule has 2 unspecified atom stereocenters. The molecule has 6 aromatic carbocycles. The van der Waals surface area contributed by atoms with E-state index in [-0.39, 0.29) is 54.0 Å². The SMILES string of the molecule is C=C(C)C[C@]1(c2ccccc2)CCN([C@@H](C)c2ccc(C3=C[N+](=O)C(C)C=C3)cc2)C(=O)O1.CC1C=CC(c2ccc([C@H](C)N3CC[C@](CC(C)(C)C#N)(c4ccccc4)OC3=O)cc2)=C[N+]1=O.C[C@@H](c1ccc(-c2ccc(=O)n(C)c2)cc1)N1CC[C@](CC(C)(C)O)(c2ccccc2)OC1=O. The number of aromatic nitrogens is 1. The molecule has 6 heterocycles. The van der Waals surface area contributed by atoms with Crippen LogP contribution in [0.25, 0.3) is 22.3 Å². The van der Waals surface area contributed by atoms with Crippen LogP contribution in [-0.4, -0.2) is 89.5 Å². The summed E-state index contributed by atoms with van der Waals surface area (Å²) in [6, 6.07) is 58.3. The summed E-state index contributed by atoms with van der Waals surface area (Å²) >= 11 is 0. The number of benzene rings is 6. The van der Waals surface area contributed by atoms with Gasteiger partial charge in [-0.15, -0.1) is 0 Å². The second-order valence-corrected chi connectivity index (χ2v) is 29.2. The molecule has 1 N–H and O–H groups in total. The smallest absolute Gasteiger partial charge is 0.411 e. The Morgan fingerprint density at radius 2 is 0.882 bits per heavy atom. The van der Waals surface area contributed by atoms with Crippen LogP contribution in [0.1, 0.15) is 170 Å². The maximum Gasteiger partial charge on any atom is 0.411 e. The van der Waals surface area contributed by atoms with E-state index in [1.165, 1.54) is 0 Å². The number of nitroso groups, excluding NO2 is 2. The van der Waals surface area contributed by atoms with Gasteiger partial charge in [-0.25, -0.2) is 14.4 Å². The summed E-state index contributed by atoms with van der Waals surface area (Å²) in [7, 11) is 1.73. The van der Waals surface area contributed by atoms with E-state index in [1.807, 2.05) is 256 Å². The van der Waals surface area contributed by atoms with Crippen molar-refractivity contribution >= 4 is 29.4 Å². The number of rotatable bonds is 18. The van der Waals surface area contributed by atoms with Crippen LogP contribution in [0.2, 0.25) is 0 Å². The maximum atomic E-state index is 13.3. The van der Waals surface area contributed by atoms with Gasteiger partial charge in [0.05, 0.1) is 46.4 Å². The second-order valence-electron chi connectivity index (χ2n) is 29.2. The first kappa shape index (κ1) is 74.1. The Bertz CT molecular complexity index is 4440. The van der Waals surface area contributed by atoms with Crippen LogP contribution >= 0.6 is 0 Å². The number of hydrogen-bond donors (Lipinski definition) is 1. The molecule has 5 aliphatic rings. The number of carbonyl (C=O) groups excluding carboxylic acids is 3. The molecule has 102 heavy (non-hydrogen) atoms. The van der Waals surface area contributed by atoms with Crippen LogP contribution in [0.5, 0.6) is 0 Å². The fourth-order valence-corrected chi connectivity index (χ4v) is 14.3. The zero-order valence-electron chi connectivity index (χ0n) is 60.5. The molecular formula is C85H95N7O10+2. The second kappa shape index (κ2) is 31.1. The highest BCUT2D eigenvalue weighted by Crippen LogP contribution is 2.47. The van der Waals surface area contributed by atoms with Gasteiger partial charge in [0.2, 0.25) is 30.0 Å². The number of allylic oxidation sites excluding steroid dienone is 4. The van der Waals surface area contributed by atoms with E-state index in [0.29, 0.717) is 58.2 Å². The largest absolute Gasteiger partial charge is 0.438 e. The van der Waals surface area contributed by atoms with Crippen LogP contribution in [0.4, 0.5) is 14.4 Å². The lowest BCUT2D eigenvalue weighted by atomic mass is 9.75. The number of hydrogen-bond acceptors (Lipinski definition) is 11. The Kier molecular flexibility index (Phi) is 22.6. The van der Waals surface area contributed by atoms with Crippen molar-refractivity contribution in [3.05, 3.63) is 296 Å². The van der Waals surface area contributed by atoms with Crippen LogP contribution in [-0.2, 0) is 38.1 Å². The predicted molar refractivity (Wildman–Crippen MR) is 398 cm³/mol. The average molecular weight is 1370 g/mol. The third-order valence-corrected chi connectivity index (χ3v) is 20.2. The van der Waals surface area contributed by atoms with Crippen LogP contribution < -0.4 is 5.56 Å². The number of nitrogens with zero attached hydrogens (tertiary/aromatic N) is 7. The molecule has 0 radical (unpaired) electrons. The van der Waals surface area contributed by atoms with Crippen LogP contribution in [0.3, 0.4) is 0 Å². The highest BCUT2D eigenvalue weighted by molar-refractivity contribution is 5.76. The Morgan fingerprint density at radius 3 is 1.23 bits per heavy atom. The molecule has 0 aliphatic carbocycles.